The summed E-state index contributed by atoms with van der Waals surface area (Å²) in [4.78, 5) is 0.567. The number of aromatic nitrogens is 2. The molecule has 2 heterocycles. The first kappa shape index (κ1) is 23.0. The van der Waals surface area contributed by atoms with Crippen LogP contribution in [0.2, 0.25) is 0 Å². The lowest BCUT2D eigenvalue weighted by molar-refractivity contribution is 0.151. The van der Waals surface area contributed by atoms with E-state index in [0.29, 0.717) is 16.9 Å². The number of benzene rings is 2. The molecule has 3 aromatic rings. The summed E-state index contributed by atoms with van der Waals surface area (Å²) in [5.74, 6) is 0.659. The van der Waals surface area contributed by atoms with Crippen LogP contribution in [0, 0.1) is 11.3 Å². The van der Waals surface area contributed by atoms with Gasteiger partial charge in [-0.3, -0.25) is 5.10 Å². The number of alkyl halides is 2. The summed E-state index contributed by atoms with van der Waals surface area (Å²) in [6, 6.07) is 12.7. The Morgan fingerprint density at radius 2 is 2.10 bits per heavy atom. The van der Waals surface area contributed by atoms with Crippen molar-refractivity contribution in [2.24, 2.45) is 5.92 Å². The molecule has 0 bridgehead atoms. The topological polar surface area (TPSA) is 76.6 Å². The molecule has 1 aliphatic heterocycles. The van der Waals surface area contributed by atoms with Crippen LogP contribution >= 0.6 is 12.6 Å². The smallest absolute Gasteiger partial charge is 0.263 e. The standard InChI is InChI=1S/C16H21N5.C7H6F2S/c1-11-4-12(7-18-11)8-19-16-3-2-13(5-14(16)6-17)15-9-20-21-10-15;8-7(9)5-2-1-3-6(10)4-5/h2-3,5-6,9-12,17-19H,4,7-8H2,1H3,(H,20,21);1-4,7,10H/t11-,12?;/m0./s1. The van der Waals surface area contributed by atoms with E-state index >= 15 is 0 Å². The molecule has 8 heteroatoms. The zero-order valence-corrected chi connectivity index (χ0v) is 18.2. The van der Waals surface area contributed by atoms with Crippen molar-refractivity contribution in [3.05, 3.63) is 66.0 Å². The van der Waals surface area contributed by atoms with Crippen LogP contribution in [0.25, 0.3) is 11.1 Å². The van der Waals surface area contributed by atoms with E-state index in [1.54, 1.807) is 18.3 Å². The first-order valence-electron chi connectivity index (χ1n) is 10.1. The van der Waals surface area contributed by atoms with Gasteiger partial charge < -0.3 is 16.0 Å². The molecule has 0 spiro atoms. The quantitative estimate of drug-likeness (QED) is 0.262. The van der Waals surface area contributed by atoms with Crippen LogP contribution < -0.4 is 10.6 Å². The van der Waals surface area contributed by atoms with Crippen molar-refractivity contribution in [2.45, 2.75) is 30.7 Å². The first-order valence-corrected chi connectivity index (χ1v) is 10.6. The number of nitrogens with one attached hydrogen (secondary N) is 4. The van der Waals surface area contributed by atoms with E-state index < -0.39 is 6.43 Å². The van der Waals surface area contributed by atoms with E-state index in [-0.39, 0.29) is 5.56 Å². The SMILES string of the molecule is C[C@H]1CC(CNc2ccc(-c3cn[nH]c3)cc2C=N)CN1.FC(F)c1cccc(S)c1. The van der Waals surface area contributed by atoms with Crippen molar-refractivity contribution in [3.8, 4) is 11.1 Å². The third kappa shape index (κ3) is 6.63. The molecule has 0 amide bonds. The zero-order chi connectivity index (χ0) is 22.2. The lowest BCUT2D eigenvalue weighted by atomic mass is 10.0. The van der Waals surface area contributed by atoms with Crippen LogP contribution in [0.5, 0.6) is 0 Å². The van der Waals surface area contributed by atoms with E-state index in [1.165, 1.54) is 24.8 Å². The number of hydrogen-bond donors (Lipinski definition) is 5. The average molecular weight is 444 g/mol. The van der Waals surface area contributed by atoms with Gasteiger partial charge >= 0.3 is 0 Å². The molecule has 2 aromatic carbocycles. The van der Waals surface area contributed by atoms with Gasteiger partial charge in [0.1, 0.15) is 0 Å². The van der Waals surface area contributed by atoms with E-state index in [9.17, 15) is 8.78 Å². The first-order chi connectivity index (χ1) is 15.0. The molecule has 5 nitrogen and oxygen atoms in total. The van der Waals surface area contributed by atoms with Crippen molar-refractivity contribution in [3.63, 3.8) is 0 Å². The number of nitrogens with zero attached hydrogens (tertiary/aromatic N) is 1. The Bertz CT molecular complexity index is 978. The van der Waals surface area contributed by atoms with Crippen LogP contribution in [0.1, 0.15) is 30.9 Å². The fraction of sp³-hybridized carbons (Fsp3) is 0.304. The molecular formula is C23H27F2N5S. The van der Waals surface area contributed by atoms with Gasteiger partial charge in [0.15, 0.2) is 0 Å². The van der Waals surface area contributed by atoms with Crippen LogP contribution in [-0.4, -0.2) is 35.5 Å². The molecule has 1 fully saturated rings. The minimum Gasteiger partial charge on any atom is -0.384 e. The van der Waals surface area contributed by atoms with Crippen molar-refractivity contribution >= 4 is 24.5 Å². The summed E-state index contributed by atoms with van der Waals surface area (Å²) >= 11 is 3.92. The Balaban J connectivity index is 0.000000229. The highest BCUT2D eigenvalue weighted by molar-refractivity contribution is 7.80. The van der Waals surface area contributed by atoms with Crippen molar-refractivity contribution < 1.29 is 8.78 Å². The van der Waals surface area contributed by atoms with Gasteiger partial charge in [-0.25, -0.2) is 8.78 Å². The second kappa shape index (κ2) is 11.1. The highest BCUT2D eigenvalue weighted by atomic mass is 32.1. The fourth-order valence-corrected chi connectivity index (χ4v) is 3.77. The molecule has 1 unspecified atom stereocenters. The van der Waals surface area contributed by atoms with Gasteiger partial charge in [0.25, 0.3) is 6.43 Å². The molecule has 1 aromatic heterocycles. The summed E-state index contributed by atoms with van der Waals surface area (Å²) in [6.45, 7) is 4.24. The number of halogens is 2. The predicted octanol–water partition coefficient (Wildman–Crippen LogP) is 5.40. The third-order valence-corrected chi connectivity index (χ3v) is 5.46. The fourth-order valence-electron chi connectivity index (χ4n) is 3.54. The highest BCUT2D eigenvalue weighted by Crippen LogP contribution is 2.24. The van der Waals surface area contributed by atoms with Gasteiger partial charge in [-0.15, -0.1) is 12.6 Å². The minimum absolute atomic E-state index is 0.0208. The maximum Gasteiger partial charge on any atom is 0.263 e. The number of rotatable bonds is 6. The highest BCUT2D eigenvalue weighted by Gasteiger charge is 2.20. The number of hydrogen-bond acceptors (Lipinski definition) is 5. The van der Waals surface area contributed by atoms with E-state index in [0.717, 1.165) is 35.5 Å². The Hall–Kier alpha value is -2.71. The molecule has 0 saturated carbocycles. The van der Waals surface area contributed by atoms with Crippen molar-refractivity contribution in [1.29, 1.82) is 5.41 Å². The predicted molar refractivity (Wildman–Crippen MR) is 125 cm³/mol. The largest absolute Gasteiger partial charge is 0.384 e. The lowest BCUT2D eigenvalue weighted by Gasteiger charge is -2.14. The monoisotopic (exact) mass is 443 g/mol. The van der Waals surface area contributed by atoms with Crippen molar-refractivity contribution in [1.82, 2.24) is 15.5 Å². The molecular weight excluding hydrogens is 416 g/mol. The Labute approximate surface area is 186 Å². The van der Waals surface area contributed by atoms with E-state index in [2.05, 4.69) is 52.5 Å². The van der Waals surface area contributed by atoms with E-state index in [4.69, 9.17) is 5.41 Å². The van der Waals surface area contributed by atoms with Crippen LogP contribution in [0.3, 0.4) is 0 Å². The molecule has 2 atom stereocenters. The summed E-state index contributed by atoms with van der Waals surface area (Å²) in [5, 5.41) is 21.4. The van der Waals surface area contributed by atoms with Crippen LogP contribution in [0.4, 0.5) is 14.5 Å². The molecule has 4 rings (SSSR count). The molecule has 164 valence electrons. The summed E-state index contributed by atoms with van der Waals surface area (Å²) in [6.07, 6.45) is 3.87. The van der Waals surface area contributed by atoms with E-state index in [1.807, 2.05) is 12.3 Å². The summed E-state index contributed by atoms with van der Waals surface area (Å²) in [5.41, 5.74) is 4.07. The van der Waals surface area contributed by atoms with Gasteiger partial charge in [0, 0.05) is 52.3 Å². The summed E-state index contributed by atoms with van der Waals surface area (Å²) in [7, 11) is 0. The van der Waals surface area contributed by atoms with Crippen LogP contribution in [-0.2, 0) is 0 Å². The van der Waals surface area contributed by atoms with Crippen molar-refractivity contribution in [2.75, 3.05) is 18.4 Å². The molecule has 1 saturated heterocycles. The maximum atomic E-state index is 11.9. The maximum absolute atomic E-state index is 11.9. The number of anilines is 1. The second-order valence-corrected chi connectivity index (χ2v) is 8.14. The molecule has 0 radical (unpaired) electrons. The van der Waals surface area contributed by atoms with Gasteiger partial charge in [0.2, 0.25) is 0 Å². The molecule has 31 heavy (non-hydrogen) atoms. The number of thiol groups is 1. The zero-order valence-electron chi connectivity index (χ0n) is 17.3. The Morgan fingerprint density at radius 1 is 1.26 bits per heavy atom. The Morgan fingerprint density at radius 3 is 2.68 bits per heavy atom. The van der Waals surface area contributed by atoms with Gasteiger partial charge in [-0.2, -0.15) is 5.10 Å². The Kier molecular flexibility index (Phi) is 8.20. The molecule has 0 aliphatic carbocycles. The van der Waals surface area contributed by atoms with Gasteiger partial charge in [0.05, 0.1) is 6.20 Å². The van der Waals surface area contributed by atoms with Crippen LogP contribution in [0.15, 0.2) is 59.8 Å². The molecule has 1 aliphatic rings. The number of aromatic amines is 1. The van der Waals surface area contributed by atoms with Gasteiger partial charge in [-0.05, 0) is 55.6 Å². The normalized spacial score (nSPS) is 17.8. The number of H-pyrrole nitrogens is 1. The minimum atomic E-state index is -2.40. The molecule has 4 N–H and O–H groups in total. The lowest BCUT2D eigenvalue weighted by Crippen LogP contribution is -2.19. The average Bonchev–Trinajstić information content (AvgIpc) is 3.44. The summed E-state index contributed by atoms with van der Waals surface area (Å²) < 4.78 is 23.8. The van der Waals surface area contributed by atoms with Gasteiger partial charge in [-0.1, -0.05) is 18.2 Å². The second-order valence-electron chi connectivity index (χ2n) is 7.62. The third-order valence-electron chi connectivity index (χ3n) is 5.18.